The van der Waals surface area contributed by atoms with Crippen molar-refractivity contribution < 1.29 is 4.74 Å². The first kappa shape index (κ1) is 19.7. The van der Waals surface area contributed by atoms with Crippen LogP contribution >= 0.6 is 24.0 Å². The third-order valence-corrected chi connectivity index (χ3v) is 3.47. The van der Waals surface area contributed by atoms with Gasteiger partial charge in [-0.3, -0.25) is 4.99 Å². The maximum absolute atomic E-state index is 5.56. The lowest BCUT2D eigenvalue weighted by Gasteiger charge is -2.32. The maximum atomic E-state index is 5.56. The Hall–Kier alpha value is -1.35. The molecule has 1 aromatic heterocycles. The summed E-state index contributed by atoms with van der Waals surface area (Å²) < 4.78 is 5.56. The van der Waals surface area contributed by atoms with Crippen LogP contribution in [0.4, 0.5) is 5.82 Å². The molecule has 0 aromatic carbocycles. The molecule has 0 amide bonds. The molecule has 1 fully saturated rings. The molecule has 1 saturated heterocycles. The predicted molar refractivity (Wildman–Crippen MR) is 106 cm³/mol. The third kappa shape index (κ3) is 6.34. The van der Waals surface area contributed by atoms with Gasteiger partial charge in [0, 0.05) is 39.4 Å². The normalized spacial score (nSPS) is 18.1. The van der Waals surface area contributed by atoms with Crippen molar-refractivity contribution in [2.24, 2.45) is 4.99 Å². The average Bonchev–Trinajstić information content (AvgIpc) is 2.55. The zero-order valence-corrected chi connectivity index (χ0v) is 16.1. The molecule has 1 aliphatic rings. The number of rotatable bonds is 5. The minimum absolute atomic E-state index is 0. The van der Waals surface area contributed by atoms with E-state index >= 15 is 0 Å². The topological polar surface area (TPSA) is 61.8 Å². The quantitative estimate of drug-likeness (QED) is 0.322. The summed E-state index contributed by atoms with van der Waals surface area (Å²) in [5, 5.41) is 6.38. The Balaban J connectivity index is 0.00000264. The zero-order valence-electron chi connectivity index (χ0n) is 13.8. The fraction of sp³-hybridized carbons (Fsp3) is 0.500. The summed E-state index contributed by atoms with van der Waals surface area (Å²) in [5.41, 5.74) is 1.12. The second-order valence-electron chi connectivity index (χ2n) is 5.25. The van der Waals surface area contributed by atoms with E-state index in [1.165, 1.54) is 0 Å². The van der Waals surface area contributed by atoms with Crippen molar-refractivity contribution in [3.05, 3.63) is 36.5 Å². The first-order chi connectivity index (χ1) is 10.7. The van der Waals surface area contributed by atoms with E-state index in [9.17, 15) is 0 Å². The van der Waals surface area contributed by atoms with Crippen molar-refractivity contribution in [2.75, 3.05) is 38.2 Å². The lowest BCUT2D eigenvalue weighted by Crippen LogP contribution is -2.41. The van der Waals surface area contributed by atoms with Gasteiger partial charge in [-0.05, 0) is 18.6 Å². The number of nitrogens with zero attached hydrogens (tertiary/aromatic N) is 3. The molecule has 0 radical (unpaired) electrons. The Bertz CT molecular complexity index is 506. The summed E-state index contributed by atoms with van der Waals surface area (Å²) in [5.74, 6) is 1.76. The van der Waals surface area contributed by atoms with Crippen molar-refractivity contribution in [2.45, 2.75) is 19.6 Å². The van der Waals surface area contributed by atoms with Crippen molar-refractivity contribution in [3.8, 4) is 0 Å². The lowest BCUT2D eigenvalue weighted by atomic mass is 10.2. The largest absolute Gasteiger partial charge is 0.375 e. The number of hydrogen-bond donors (Lipinski definition) is 2. The molecule has 1 aromatic rings. The lowest BCUT2D eigenvalue weighted by molar-refractivity contribution is 0.0529. The molecule has 0 spiro atoms. The fourth-order valence-corrected chi connectivity index (χ4v) is 2.31. The van der Waals surface area contributed by atoms with Crippen LogP contribution in [0.5, 0.6) is 0 Å². The summed E-state index contributed by atoms with van der Waals surface area (Å²) in [4.78, 5) is 11.0. The van der Waals surface area contributed by atoms with Crippen molar-refractivity contribution >= 4 is 35.8 Å². The molecule has 0 saturated carbocycles. The van der Waals surface area contributed by atoms with Gasteiger partial charge in [0.15, 0.2) is 5.96 Å². The van der Waals surface area contributed by atoms with Crippen molar-refractivity contribution in [1.29, 1.82) is 0 Å². The molecular formula is C16H26IN5O. The molecule has 2 rings (SSSR count). The Labute approximate surface area is 155 Å². The molecule has 6 nitrogen and oxygen atoms in total. The van der Waals surface area contributed by atoms with Crippen LogP contribution in [0.1, 0.15) is 12.5 Å². The first-order valence-corrected chi connectivity index (χ1v) is 7.60. The maximum Gasteiger partial charge on any atom is 0.191 e. The van der Waals surface area contributed by atoms with E-state index in [0.29, 0.717) is 13.1 Å². The minimum Gasteiger partial charge on any atom is -0.375 e. The van der Waals surface area contributed by atoms with Gasteiger partial charge >= 0.3 is 0 Å². The second-order valence-corrected chi connectivity index (χ2v) is 5.25. The molecule has 0 bridgehead atoms. The Morgan fingerprint density at radius 2 is 2.35 bits per heavy atom. The third-order valence-electron chi connectivity index (χ3n) is 3.47. The van der Waals surface area contributed by atoms with E-state index in [0.717, 1.165) is 37.0 Å². The van der Waals surface area contributed by atoms with Gasteiger partial charge in [-0.25, -0.2) is 4.98 Å². The summed E-state index contributed by atoms with van der Waals surface area (Å²) in [6, 6.07) is 4.16. The van der Waals surface area contributed by atoms with Crippen LogP contribution in [-0.4, -0.2) is 50.3 Å². The van der Waals surface area contributed by atoms with Gasteiger partial charge in [-0.15, -0.1) is 30.6 Å². The Morgan fingerprint density at radius 1 is 1.52 bits per heavy atom. The van der Waals surface area contributed by atoms with Gasteiger partial charge in [0.2, 0.25) is 0 Å². The summed E-state index contributed by atoms with van der Waals surface area (Å²) in [6.45, 7) is 9.68. The Kier molecular flexibility index (Phi) is 8.93. The van der Waals surface area contributed by atoms with E-state index in [4.69, 9.17) is 4.74 Å². The van der Waals surface area contributed by atoms with Gasteiger partial charge in [-0.2, -0.15) is 0 Å². The highest BCUT2D eigenvalue weighted by Gasteiger charge is 2.17. The van der Waals surface area contributed by atoms with E-state index in [1.807, 2.05) is 6.20 Å². The molecule has 1 unspecified atom stereocenters. The van der Waals surface area contributed by atoms with Gasteiger partial charge < -0.3 is 20.3 Å². The van der Waals surface area contributed by atoms with Crippen molar-refractivity contribution in [1.82, 2.24) is 15.6 Å². The van der Waals surface area contributed by atoms with Crippen LogP contribution in [-0.2, 0) is 11.3 Å². The molecule has 1 atom stereocenters. The van der Waals surface area contributed by atoms with Gasteiger partial charge in [-0.1, -0.05) is 12.1 Å². The molecular weight excluding hydrogens is 405 g/mol. The van der Waals surface area contributed by atoms with Crippen LogP contribution in [0, 0.1) is 0 Å². The standard InChI is InChI=1S/C16H25N5O.HI/c1-4-7-18-16(17-3)20-11-14-5-6-15(19-10-14)21-8-9-22-13(2)12-21;/h4-6,10,13H,1,7-9,11-12H2,2-3H3,(H2,17,18,20);1H. The molecule has 1 aliphatic heterocycles. The highest BCUT2D eigenvalue weighted by atomic mass is 127. The van der Waals surface area contributed by atoms with Gasteiger partial charge in [0.25, 0.3) is 0 Å². The number of nitrogens with one attached hydrogen (secondary N) is 2. The number of aliphatic imine (C=N–C) groups is 1. The van der Waals surface area contributed by atoms with E-state index in [2.05, 4.69) is 51.1 Å². The zero-order chi connectivity index (χ0) is 15.8. The smallest absolute Gasteiger partial charge is 0.191 e. The number of hydrogen-bond acceptors (Lipinski definition) is 4. The number of morpholine rings is 1. The molecule has 7 heteroatoms. The van der Waals surface area contributed by atoms with Crippen molar-refractivity contribution in [3.63, 3.8) is 0 Å². The number of halogens is 1. The monoisotopic (exact) mass is 431 g/mol. The van der Waals surface area contributed by atoms with E-state index < -0.39 is 0 Å². The fourth-order valence-electron chi connectivity index (χ4n) is 2.31. The number of guanidine groups is 1. The number of ether oxygens (including phenoxy) is 1. The SMILES string of the molecule is C=CCNC(=NC)NCc1ccc(N2CCOC(C)C2)nc1.I. The Morgan fingerprint density at radius 3 is 2.96 bits per heavy atom. The van der Waals surface area contributed by atoms with Crippen LogP contribution in [0.3, 0.4) is 0 Å². The first-order valence-electron chi connectivity index (χ1n) is 7.60. The van der Waals surface area contributed by atoms with Crippen LogP contribution in [0.15, 0.2) is 36.0 Å². The number of aromatic nitrogens is 1. The predicted octanol–water partition coefficient (Wildman–Crippen LogP) is 1.78. The second kappa shape index (κ2) is 10.4. The van der Waals surface area contributed by atoms with Gasteiger partial charge in [0.05, 0.1) is 12.7 Å². The minimum atomic E-state index is 0. The molecule has 128 valence electrons. The highest BCUT2D eigenvalue weighted by molar-refractivity contribution is 14.0. The average molecular weight is 431 g/mol. The molecule has 2 N–H and O–H groups in total. The van der Waals surface area contributed by atoms with Gasteiger partial charge in [0.1, 0.15) is 5.82 Å². The highest BCUT2D eigenvalue weighted by Crippen LogP contribution is 2.15. The van der Waals surface area contributed by atoms with Crippen LogP contribution in [0.2, 0.25) is 0 Å². The van der Waals surface area contributed by atoms with Crippen LogP contribution < -0.4 is 15.5 Å². The number of pyridine rings is 1. The van der Waals surface area contributed by atoms with E-state index in [-0.39, 0.29) is 30.1 Å². The van der Waals surface area contributed by atoms with Crippen LogP contribution in [0.25, 0.3) is 0 Å². The summed E-state index contributed by atoms with van der Waals surface area (Å²) >= 11 is 0. The summed E-state index contributed by atoms with van der Waals surface area (Å²) in [7, 11) is 1.75. The molecule has 23 heavy (non-hydrogen) atoms. The summed E-state index contributed by atoms with van der Waals surface area (Å²) in [6.07, 6.45) is 3.96. The molecule has 2 heterocycles. The number of anilines is 1. The van der Waals surface area contributed by atoms with E-state index in [1.54, 1.807) is 13.1 Å². The molecule has 0 aliphatic carbocycles.